The Kier molecular flexibility index (Phi) is 6.37. The summed E-state index contributed by atoms with van der Waals surface area (Å²) in [7, 11) is 0. The van der Waals surface area contributed by atoms with E-state index < -0.39 is 5.82 Å². The van der Waals surface area contributed by atoms with Crippen molar-refractivity contribution in [3.05, 3.63) is 77.8 Å². The van der Waals surface area contributed by atoms with Crippen molar-refractivity contribution in [1.82, 2.24) is 4.98 Å². The van der Waals surface area contributed by atoms with Crippen LogP contribution in [0.5, 0.6) is 5.75 Å². The van der Waals surface area contributed by atoms with Crippen LogP contribution in [0.4, 0.5) is 10.1 Å². The number of halogens is 1. The molecule has 1 heterocycles. The van der Waals surface area contributed by atoms with Crippen molar-refractivity contribution in [1.29, 1.82) is 0 Å². The number of fused-ring (bicyclic) bond motifs is 1. The number of aryl methyl sites for hydroxylation is 1. The molecule has 3 rings (SSSR count). The SMILES string of the molecule is CCC=CCCOc1cccc(NC(=O)c2ccc3nc(C)ccc3c2)c1F. The molecule has 0 saturated heterocycles. The quantitative estimate of drug-likeness (QED) is 0.426. The van der Waals surface area contributed by atoms with Crippen LogP contribution in [0.3, 0.4) is 0 Å². The summed E-state index contributed by atoms with van der Waals surface area (Å²) in [5, 5.41) is 3.48. The molecule has 3 aromatic rings. The summed E-state index contributed by atoms with van der Waals surface area (Å²) in [6.45, 7) is 4.34. The van der Waals surface area contributed by atoms with E-state index in [0.29, 0.717) is 18.6 Å². The van der Waals surface area contributed by atoms with Crippen molar-refractivity contribution >= 4 is 22.5 Å². The minimum absolute atomic E-state index is 0.0914. The number of hydrogen-bond acceptors (Lipinski definition) is 3. The third kappa shape index (κ3) is 4.74. The van der Waals surface area contributed by atoms with Gasteiger partial charge in [0, 0.05) is 16.6 Å². The molecule has 0 spiro atoms. The van der Waals surface area contributed by atoms with Crippen LogP contribution in [0.25, 0.3) is 10.9 Å². The maximum atomic E-state index is 14.7. The first-order valence-corrected chi connectivity index (χ1v) is 9.33. The fraction of sp³-hybridized carbons (Fsp3) is 0.217. The fourth-order valence-electron chi connectivity index (χ4n) is 2.80. The van der Waals surface area contributed by atoms with Gasteiger partial charge in [0.05, 0.1) is 17.8 Å². The smallest absolute Gasteiger partial charge is 0.255 e. The molecule has 1 amide bonds. The van der Waals surface area contributed by atoms with E-state index in [9.17, 15) is 9.18 Å². The lowest BCUT2D eigenvalue weighted by Gasteiger charge is -2.11. The number of carbonyl (C=O) groups excluding carboxylic acids is 1. The summed E-state index contributed by atoms with van der Waals surface area (Å²) in [5.41, 5.74) is 2.26. The molecule has 2 aromatic carbocycles. The molecule has 0 atom stereocenters. The maximum Gasteiger partial charge on any atom is 0.255 e. The van der Waals surface area contributed by atoms with Gasteiger partial charge in [0.15, 0.2) is 11.6 Å². The van der Waals surface area contributed by atoms with Gasteiger partial charge >= 0.3 is 0 Å². The Balaban J connectivity index is 1.72. The van der Waals surface area contributed by atoms with Gasteiger partial charge in [-0.3, -0.25) is 9.78 Å². The zero-order chi connectivity index (χ0) is 19.9. The predicted octanol–water partition coefficient (Wildman–Crippen LogP) is 5.67. The van der Waals surface area contributed by atoms with E-state index in [1.165, 1.54) is 6.07 Å². The van der Waals surface area contributed by atoms with Gasteiger partial charge in [0.1, 0.15) is 0 Å². The standard InChI is InChI=1S/C23H23FN2O2/c1-3-4-5-6-14-28-21-9-7-8-20(22(21)24)26-23(27)18-12-13-19-17(15-18)11-10-16(2)25-19/h4-5,7-13,15H,3,6,14H2,1-2H3,(H,26,27). The summed E-state index contributed by atoms with van der Waals surface area (Å²) >= 11 is 0. The minimum atomic E-state index is -0.576. The van der Waals surface area contributed by atoms with E-state index in [1.54, 1.807) is 30.3 Å². The van der Waals surface area contributed by atoms with Crippen molar-refractivity contribution in [2.75, 3.05) is 11.9 Å². The zero-order valence-electron chi connectivity index (χ0n) is 16.0. The number of ether oxygens (including phenoxy) is 1. The number of aromatic nitrogens is 1. The summed E-state index contributed by atoms with van der Waals surface area (Å²) in [5.74, 6) is -0.835. The molecule has 0 fully saturated rings. The van der Waals surface area contributed by atoms with Crippen molar-refractivity contribution < 1.29 is 13.9 Å². The van der Waals surface area contributed by atoms with Gasteiger partial charge in [-0.1, -0.05) is 31.2 Å². The normalized spacial score (nSPS) is 11.1. The molecule has 0 aliphatic heterocycles. The Bertz CT molecular complexity index is 1010. The van der Waals surface area contributed by atoms with Crippen molar-refractivity contribution in [2.24, 2.45) is 0 Å². The molecule has 4 nitrogen and oxygen atoms in total. The molecular formula is C23H23FN2O2. The summed E-state index contributed by atoms with van der Waals surface area (Å²) in [6, 6.07) is 13.7. The van der Waals surface area contributed by atoms with Crippen molar-refractivity contribution in [2.45, 2.75) is 26.7 Å². The summed E-state index contributed by atoms with van der Waals surface area (Å²) < 4.78 is 20.1. The molecular weight excluding hydrogens is 355 g/mol. The number of allylic oxidation sites excluding steroid dienone is 1. The first-order valence-electron chi connectivity index (χ1n) is 9.33. The summed E-state index contributed by atoms with van der Waals surface area (Å²) in [6.07, 6.45) is 5.70. The molecule has 0 unspecified atom stereocenters. The summed E-state index contributed by atoms with van der Waals surface area (Å²) in [4.78, 5) is 17.0. The second-order valence-corrected chi connectivity index (χ2v) is 6.45. The Morgan fingerprint density at radius 3 is 2.86 bits per heavy atom. The number of hydrogen-bond donors (Lipinski definition) is 1. The first kappa shape index (κ1) is 19.5. The van der Waals surface area contributed by atoms with E-state index >= 15 is 0 Å². The lowest BCUT2D eigenvalue weighted by atomic mass is 10.1. The molecule has 0 aliphatic carbocycles. The Labute approximate surface area is 164 Å². The highest BCUT2D eigenvalue weighted by Gasteiger charge is 2.13. The molecule has 0 saturated carbocycles. The lowest BCUT2D eigenvalue weighted by Crippen LogP contribution is -2.13. The van der Waals surface area contributed by atoms with Crippen molar-refractivity contribution in [3.63, 3.8) is 0 Å². The van der Waals surface area contributed by atoms with E-state index in [0.717, 1.165) is 23.0 Å². The van der Waals surface area contributed by atoms with E-state index in [-0.39, 0.29) is 17.3 Å². The maximum absolute atomic E-state index is 14.7. The molecule has 1 N–H and O–H groups in total. The second kappa shape index (κ2) is 9.13. The molecule has 1 aromatic heterocycles. The third-order valence-corrected chi connectivity index (χ3v) is 4.25. The van der Waals surface area contributed by atoms with Crippen LogP contribution in [-0.2, 0) is 0 Å². The number of rotatable bonds is 7. The van der Waals surface area contributed by atoms with Crippen LogP contribution >= 0.6 is 0 Å². The highest BCUT2D eigenvalue weighted by Crippen LogP contribution is 2.25. The van der Waals surface area contributed by atoms with Gasteiger partial charge in [0.2, 0.25) is 0 Å². The van der Waals surface area contributed by atoms with E-state index in [1.807, 2.05) is 31.2 Å². The van der Waals surface area contributed by atoms with Crippen LogP contribution in [0.15, 0.2) is 60.7 Å². The van der Waals surface area contributed by atoms with Gasteiger partial charge in [-0.2, -0.15) is 0 Å². The fourth-order valence-corrected chi connectivity index (χ4v) is 2.80. The number of pyridine rings is 1. The average molecular weight is 378 g/mol. The molecule has 0 aliphatic rings. The molecule has 5 heteroatoms. The number of carbonyl (C=O) groups is 1. The van der Waals surface area contributed by atoms with Gasteiger partial charge in [-0.15, -0.1) is 0 Å². The number of amides is 1. The monoisotopic (exact) mass is 378 g/mol. The highest BCUT2D eigenvalue weighted by atomic mass is 19.1. The Morgan fingerprint density at radius 1 is 1.18 bits per heavy atom. The molecule has 28 heavy (non-hydrogen) atoms. The van der Waals surface area contributed by atoms with Gasteiger partial charge in [0.25, 0.3) is 5.91 Å². The van der Waals surface area contributed by atoms with Crippen molar-refractivity contribution in [3.8, 4) is 5.75 Å². The van der Waals surface area contributed by atoms with Crippen LogP contribution in [0, 0.1) is 12.7 Å². The minimum Gasteiger partial charge on any atom is -0.490 e. The highest BCUT2D eigenvalue weighted by molar-refractivity contribution is 6.06. The van der Waals surface area contributed by atoms with Crippen LogP contribution in [0.2, 0.25) is 0 Å². The number of nitrogens with zero attached hydrogens (tertiary/aromatic N) is 1. The Morgan fingerprint density at radius 2 is 2.04 bits per heavy atom. The van der Waals surface area contributed by atoms with Crippen LogP contribution < -0.4 is 10.1 Å². The topological polar surface area (TPSA) is 51.2 Å². The lowest BCUT2D eigenvalue weighted by molar-refractivity contribution is 0.102. The number of benzene rings is 2. The number of nitrogens with one attached hydrogen (secondary N) is 1. The molecule has 144 valence electrons. The first-order chi connectivity index (χ1) is 13.6. The van der Waals surface area contributed by atoms with Gasteiger partial charge in [-0.25, -0.2) is 4.39 Å². The Hall–Kier alpha value is -3.21. The predicted molar refractivity (Wildman–Crippen MR) is 110 cm³/mol. The molecule has 0 radical (unpaired) electrons. The van der Waals surface area contributed by atoms with Crippen LogP contribution in [-0.4, -0.2) is 17.5 Å². The van der Waals surface area contributed by atoms with E-state index in [2.05, 4.69) is 17.2 Å². The molecule has 0 bridgehead atoms. The second-order valence-electron chi connectivity index (χ2n) is 6.45. The van der Waals surface area contributed by atoms with E-state index in [4.69, 9.17) is 4.74 Å². The largest absolute Gasteiger partial charge is 0.490 e. The number of anilines is 1. The van der Waals surface area contributed by atoms with Crippen LogP contribution in [0.1, 0.15) is 35.8 Å². The van der Waals surface area contributed by atoms with Gasteiger partial charge < -0.3 is 10.1 Å². The van der Waals surface area contributed by atoms with Gasteiger partial charge in [-0.05, 0) is 56.2 Å². The zero-order valence-corrected chi connectivity index (χ0v) is 16.0. The third-order valence-electron chi connectivity index (χ3n) is 4.25. The average Bonchev–Trinajstić information content (AvgIpc) is 2.70.